The van der Waals surface area contributed by atoms with E-state index in [4.69, 9.17) is 10.8 Å². The minimum Gasteiger partial charge on any atom is -0.481 e. The first kappa shape index (κ1) is 12.2. The Morgan fingerprint density at radius 1 is 1.56 bits per heavy atom. The Morgan fingerprint density at radius 3 is 2.88 bits per heavy atom. The predicted octanol–water partition coefficient (Wildman–Crippen LogP) is -1.20. The first-order chi connectivity index (χ1) is 7.59. The highest BCUT2D eigenvalue weighted by atomic mass is 16.4. The molecule has 1 amide bonds. The molecule has 0 saturated heterocycles. The molecule has 0 spiro atoms. The summed E-state index contributed by atoms with van der Waals surface area (Å²) in [6, 6.07) is -1.000. The van der Waals surface area contributed by atoms with Crippen molar-refractivity contribution in [2.24, 2.45) is 5.73 Å². The topological polar surface area (TPSA) is 110 Å². The first-order valence-corrected chi connectivity index (χ1v) is 4.80. The fourth-order valence-electron chi connectivity index (χ4n) is 1.14. The van der Waals surface area contributed by atoms with Crippen molar-refractivity contribution in [2.75, 3.05) is 6.54 Å². The molecule has 0 radical (unpaired) electrons. The SMILES string of the molecule is NC(CC(=O)O)C(=O)NCCn1ccnc1. The van der Waals surface area contributed by atoms with Crippen LogP contribution in [0.5, 0.6) is 0 Å². The van der Waals surface area contributed by atoms with Crippen molar-refractivity contribution < 1.29 is 14.7 Å². The summed E-state index contributed by atoms with van der Waals surface area (Å²) >= 11 is 0. The lowest BCUT2D eigenvalue weighted by Gasteiger charge is -2.10. The third-order valence-electron chi connectivity index (χ3n) is 1.96. The van der Waals surface area contributed by atoms with E-state index in [1.54, 1.807) is 23.3 Å². The van der Waals surface area contributed by atoms with E-state index in [1.807, 2.05) is 0 Å². The Hall–Kier alpha value is -1.89. The van der Waals surface area contributed by atoms with Crippen LogP contribution in [0.15, 0.2) is 18.7 Å². The van der Waals surface area contributed by atoms with Crippen molar-refractivity contribution in [1.82, 2.24) is 14.9 Å². The molecule has 0 saturated carbocycles. The number of carboxylic acids is 1. The van der Waals surface area contributed by atoms with Crippen molar-refractivity contribution in [3.63, 3.8) is 0 Å². The summed E-state index contributed by atoms with van der Waals surface area (Å²) in [4.78, 5) is 25.4. The largest absolute Gasteiger partial charge is 0.481 e. The molecule has 1 heterocycles. The highest BCUT2D eigenvalue weighted by molar-refractivity contribution is 5.85. The van der Waals surface area contributed by atoms with E-state index in [-0.39, 0.29) is 6.42 Å². The second-order valence-electron chi connectivity index (χ2n) is 3.30. The lowest BCUT2D eigenvalue weighted by Crippen LogP contribution is -2.42. The molecule has 0 aliphatic rings. The van der Waals surface area contributed by atoms with Gasteiger partial charge in [0.15, 0.2) is 0 Å². The maximum Gasteiger partial charge on any atom is 0.305 e. The summed E-state index contributed by atoms with van der Waals surface area (Å²) in [7, 11) is 0. The van der Waals surface area contributed by atoms with Crippen LogP contribution in [-0.4, -0.2) is 39.1 Å². The standard InChI is InChI=1S/C9H14N4O3/c10-7(5-8(14)15)9(16)12-2-4-13-3-1-11-6-13/h1,3,6-7H,2,4-5,10H2,(H,12,16)(H,14,15). The van der Waals surface area contributed by atoms with Crippen LogP contribution in [0.3, 0.4) is 0 Å². The summed E-state index contributed by atoms with van der Waals surface area (Å²) in [6.07, 6.45) is 4.67. The third kappa shape index (κ3) is 4.09. The van der Waals surface area contributed by atoms with Crippen LogP contribution in [0.1, 0.15) is 6.42 Å². The Bertz CT molecular complexity index is 350. The van der Waals surface area contributed by atoms with Gasteiger partial charge in [-0.1, -0.05) is 0 Å². The lowest BCUT2D eigenvalue weighted by molar-refractivity contribution is -0.139. The summed E-state index contributed by atoms with van der Waals surface area (Å²) in [6.45, 7) is 0.966. The molecule has 1 aromatic heterocycles. The van der Waals surface area contributed by atoms with Crippen LogP contribution in [-0.2, 0) is 16.1 Å². The highest BCUT2D eigenvalue weighted by Gasteiger charge is 2.15. The summed E-state index contributed by atoms with van der Waals surface area (Å²) in [5.41, 5.74) is 5.37. The molecule has 7 nitrogen and oxygen atoms in total. The van der Waals surface area contributed by atoms with Crippen LogP contribution in [0.2, 0.25) is 0 Å². The molecule has 7 heteroatoms. The van der Waals surface area contributed by atoms with Gasteiger partial charge in [0.05, 0.1) is 18.8 Å². The summed E-state index contributed by atoms with van der Waals surface area (Å²) in [5, 5.41) is 11.0. The average Bonchev–Trinajstić information content (AvgIpc) is 2.69. The number of rotatable bonds is 6. The third-order valence-corrected chi connectivity index (χ3v) is 1.96. The molecule has 1 unspecified atom stereocenters. The monoisotopic (exact) mass is 226 g/mol. The van der Waals surface area contributed by atoms with Gasteiger partial charge in [-0.15, -0.1) is 0 Å². The van der Waals surface area contributed by atoms with Gasteiger partial charge in [-0.05, 0) is 0 Å². The predicted molar refractivity (Wildman–Crippen MR) is 55.5 cm³/mol. The van der Waals surface area contributed by atoms with Gasteiger partial charge in [0.25, 0.3) is 0 Å². The van der Waals surface area contributed by atoms with Gasteiger partial charge in [-0.3, -0.25) is 9.59 Å². The van der Waals surface area contributed by atoms with Crippen molar-refractivity contribution in [3.05, 3.63) is 18.7 Å². The molecule has 0 fully saturated rings. The number of hydrogen-bond acceptors (Lipinski definition) is 4. The second-order valence-corrected chi connectivity index (χ2v) is 3.30. The van der Waals surface area contributed by atoms with E-state index in [0.717, 1.165) is 0 Å². The summed E-state index contributed by atoms with van der Waals surface area (Å²) < 4.78 is 1.79. The Morgan fingerprint density at radius 2 is 2.31 bits per heavy atom. The number of hydrogen-bond donors (Lipinski definition) is 3. The fourth-order valence-corrected chi connectivity index (χ4v) is 1.14. The number of aromatic nitrogens is 2. The van der Waals surface area contributed by atoms with Crippen LogP contribution in [0.25, 0.3) is 0 Å². The quantitative estimate of drug-likeness (QED) is 0.564. The van der Waals surface area contributed by atoms with E-state index in [0.29, 0.717) is 13.1 Å². The number of amides is 1. The summed E-state index contributed by atoms with van der Waals surface area (Å²) in [5.74, 6) is -1.54. The Labute approximate surface area is 92.3 Å². The molecule has 1 rings (SSSR count). The van der Waals surface area contributed by atoms with Crippen LogP contribution >= 0.6 is 0 Å². The van der Waals surface area contributed by atoms with Crippen molar-refractivity contribution in [2.45, 2.75) is 19.0 Å². The van der Waals surface area contributed by atoms with Gasteiger partial charge >= 0.3 is 5.97 Å². The van der Waals surface area contributed by atoms with Crippen molar-refractivity contribution in [3.8, 4) is 0 Å². The molecular weight excluding hydrogens is 212 g/mol. The number of imidazole rings is 1. The Kier molecular flexibility index (Phi) is 4.46. The van der Waals surface area contributed by atoms with E-state index >= 15 is 0 Å². The van der Waals surface area contributed by atoms with Crippen LogP contribution in [0, 0.1) is 0 Å². The molecule has 0 bridgehead atoms. The van der Waals surface area contributed by atoms with Crippen molar-refractivity contribution in [1.29, 1.82) is 0 Å². The number of nitrogens with two attached hydrogens (primary N) is 1. The maximum absolute atomic E-state index is 11.3. The zero-order valence-corrected chi connectivity index (χ0v) is 8.67. The average molecular weight is 226 g/mol. The van der Waals surface area contributed by atoms with Gasteiger partial charge in [-0.25, -0.2) is 4.98 Å². The number of carbonyl (C=O) groups excluding carboxylic acids is 1. The minimum atomic E-state index is -1.09. The van der Waals surface area contributed by atoms with Crippen molar-refractivity contribution >= 4 is 11.9 Å². The van der Waals surface area contributed by atoms with Crippen LogP contribution in [0.4, 0.5) is 0 Å². The molecule has 0 aromatic carbocycles. The van der Waals surface area contributed by atoms with E-state index in [9.17, 15) is 9.59 Å². The fraction of sp³-hybridized carbons (Fsp3) is 0.444. The maximum atomic E-state index is 11.3. The van der Waals surface area contributed by atoms with E-state index < -0.39 is 17.9 Å². The molecule has 1 atom stereocenters. The zero-order chi connectivity index (χ0) is 12.0. The molecular formula is C9H14N4O3. The minimum absolute atomic E-state index is 0.364. The van der Waals surface area contributed by atoms with Gasteiger partial charge in [0.2, 0.25) is 5.91 Å². The number of carboxylic acid groups (broad SMARTS) is 1. The Balaban J connectivity index is 2.22. The normalized spacial score (nSPS) is 12.1. The van der Waals surface area contributed by atoms with Gasteiger partial charge < -0.3 is 20.7 Å². The molecule has 4 N–H and O–H groups in total. The molecule has 16 heavy (non-hydrogen) atoms. The van der Waals surface area contributed by atoms with E-state index in [2.05, 4.69) is 10.3 Å². The number of nitrogens with one attached hydrogen (secondary N) is 1. The van der Waals surface area contributed by atoms with E-state index in [1.165, 1.54) is 0 Å². The zero-order valence-electron chi connectivity index (χ0n) is 8.67. The smallest absolute Gasteiger partial charge is 0.305 e. The molecule has 0 aliphatic carbocycles. The molecule has 1 aromatic rings. The molecule has 0 aliphatic heterocycles. The first-order valence-electron chi connectivity index (χ1n) is 4.80. The van der Waals surface area contributed by atoms with Crippen LogP contribution < -0.4 is 11.1 Å². The number of nitrogens with zero attached hydrogens (tertiary/aromatic N) is 2. The number of aliphatic carboxylic acids is 1. The lowest BCUT2D eigenvalue weighted by atomic mass is 10.2. The second kappa shape index (κ2) is 5.86. The molecule has 88 valence electrons. The van der Waals surface area contributed by atoms with Gasteiger partial charge in [0.1, 0.15) is 0 Å². The van der Waals surface area contributed by atoms with Gasteiger partial charge in [-0.2, -0.15) is 0 Å². The highest BCUT2D eigenvalue weighted by Crippen LogP contribution is 1.89. The number of carbonyl (C=O) groups is 2. The van der Waals surface area contributed by atoms with Gasteiger partial charge in [0, 0.05) is 25.5 Å².